The fraction of sp³-hybridized carbons (Fsp3) is 0.118. The molecule has 1 unspecified atom stereocenters. The topological polar surface area (TPSA) is 46.5 Å². The third-order valence-corrected chi connectivity index (χ3v) is 2.92. The predicted octanol–water partition coefficient (Wildman–Crippen LogP) is 3.02. The molecule has 1 atom stereocenters. The molecule has 0 aliphatic heterocycles. The van der Waals surface area contributed by atoms with Crippen molar-refractivity contribution in [1.29, 1.82) is 0 Å². The minimum Gasteiger partial charge on any atom is -0.457 e. The standard InChI is InChI=1S/C17H16O3/c1-13(16(18)15-10-6-3-7-11-15)17(19)20-12-14-8-4-2-5-9-14/h2-11,16,18H,1,12H2. The van der Waals surface area contributed by atoms with Crippen LogP contribution in [0, 0.1) is 0 Å². The molecule has 0 aromatic heterocycles. The number of aliphatic hydroxyl groups is 1. The van der Waals surface area contributed by atoms with Gasteiger partial charge in [-0.2, -0.15) is 0 Å². The Morgan fingerprint density at radius 2 is 1.60 bits per heavy atom. The molecule has 102 valence electrons. The molecule has 2 aromatic carbocycles. The van der Waals surface area contributed by atoms with Gasteiger partial charge in [0.05, 0.1) is 5.57 Å². The largest absolute Gasteiger partial charge is 0.457 e. The maximum absolute atomic E-state index is 11.8. The Morgan fingerprint density at radius 3 is 2.20 bits per heavy atom. The third kappa shape index (κ3) is 3.56. The molecule has 0 aliphatic carbocycles. The summed E-state index contributed by atoms with van der Waals surface area (Å²) in [4.78, 5) is 11.8. The second-order valence-electron chi connectivity index (χ2n) is 4.40. The third-order valence-electron chi connectivity index (χ3n) is 2.92. The van der Waals surface area contributed by atoms with E-state index in [1.165, 1.54) is 0 Å². The van der Waals surface area contributed by atoms with E-state index in [-0.39, 0.29) is 12.2 Å². The number of benzene rings is 2. The maximum atomic E-state index is 11.8. The fourth-order valence-electron chi connectivity index (χ4n) is 1.76. The van der Waals surface area contributed by atoms with Crippen LogP contribution in [-0.2, 0) is 16.1 Å². The van der Waals surface area contributed by atoms with Gasteiger partial charge in [0.15, 0.2) is 0 Å². The van der Waals surface area contributed by atoms with Gasteiger partial charge in [0.25, 0.3) is 0 Å². The average molecular weight is 268 g/mol. The smallest absolute Gasteiger partial charge is 0.336 e. The summed E-state index contributed by atoms with van der Waals surface area (Å²) in [5.41, 5.74) is 1.55. The van der Waals surface area contributed by atoms with Gasteiger partial charge >= 0.3 is 5.97 Å². The van der Waals surface area contributed by atoms with Crippen LogP contribution in [-0.4, -0.2) is 11.1 Å². The zero-order valence-electron chi connectivity index (χ0n) is 11.0. The molecular weight excluding hydrogens is 252 g/mol. The lowest BCUT2D eigenvalue weighted by atomic mass is 10.0. The normalized spacial score (nSPS) is 11.7. The number of ether oxygens (including phenoxy) is 1. The number of esters is 1. The quantitative estimate of drug-likeness (QED) is 0.669. The molecule has 20 heavy (non-hydrogen) atoms. The lowest BCUT2D eigenvalue weighted by molar-refractivity contribution is -0.141. The number of rotatable bonds is 5. The van der Waals surface area contributed by atoms with E-state index < -0.39 is 12.1 Å². The first-order valence-corrected chi connectivity index (χ1v) is 6.31. The Labute approximate surface area is 118 Å². The highest BCUT2D eigenvalue weighted by molar-refractivity contribution is 5.89. The van der Waals surface area contributed by atoms with E-state index in [0.717, 1.165) is 5.56 Å². The van der Waals surface area contributed by atoms with Gasteiger partial charge in [0.2, 0.25) is 0 Å². The van der Waals surface area contributed by atoms with Crippen LogP contribution in [0.5, 0.6) is 0 Å². The van der Waals surface area contributed by atoms with Crippen molar-refractivity contribution >= 4 is 5.97 Å². The van der Waals surface area contributed by atoms with Gasteiger partial charge < -0.3 is 9.84 Å². The van der Waals surface area contributed by atoms with E-state index in [0.29, 0.717) is 5.56 Å². The van der Waals surface area contributed by atoms with Crippen LogP contribution in [0.1, 0.15) is 17.2 Å². The van der Waals surface area contributed by atoms with Gasteiger partial charge in [-0.05, 0) is 11.1 Å². The van der Waals surface area contributed by atoms with Crippen molar-refractivity contribution in [3.8, 4) is 0 Å². The molecule has 0 radical (unpaired) electrons. The van der Waals surface area contributed by atoms with Crippen LogP contribution in [0.2, 0.25) is 0 Å². The molecule has 0 saturated carbocycles. The summed E-state index contributed by atoms with van der Waals surface area (Å²) in [5.74, 6) is -0.592. The van der Waals surface area contributed by atoms with E-state index in [9.17, 15) is 9.90 Å². The number of carbonyl (C=O) groups is 1. The second-order valence-corrected chi connectivity index (χ2v) is 4.40. The van der Waals surface area contributed by atoms with Crippen molar-refractivity contribution in [3.05, 3.63) is 83.9 Å². The van der Waals surface area contributed by atoms with E-state index >= 15 is 0 Å². The minimum absolute atomic E-state index is 0.0344. The highest BCUT2D eigenvalue weighted by Crippen LogP contribution is 2.21. The zero-order chi connectivity index (χ0) is 14.4. The molecule has 2 rings (SSSR count). The molecule has 3 nitrogen and oxygen atoms in total. The summed E-state index contributed by atoms with van der Waals surface area (Å²) in [6.45, 7) is 3.79. The van der Waals surface area contributed by atoms with Crippen LogP contribution in [0.15, 0.2) is 72.8 Å². The Bertz CT molecular complexity index is 576. The summed E-state index contributed by atoms with van der Waals surface area (Å²) in [7, 11) is 0. The van der Waals surface area contributed by atoms with Gasteiger partial charge in [0, 0.05) is 0 Å². The van der Waals surface area contributed by atoms with E-state index in [1.807, 2.05) is 36.4 Å². The van der Waals surface area contributed by atoms with E-state index in [1.54, 1.807) is 24.3 Å². The van der Waals surface area contributed by atoms with Crippen molar-refractivity contribution < 1.29 is 14.6 Å². The summed E-state index contributed by atoms with van der Waals surface area (Å²) in [6, 6.07) is 18.3. The molecule has 0 aliphatic rings. The average Bonchev–Trinajstić information content (AvgIpc) is 2.53. The highest BCUT2D eigenvalue weighted by Gasteiger charge is 2.19. The summed E-state index contributed by atoms with van der Waals surface area (Å²) < 4.78 is 5.13. The number of aliphatic hydroxyl groups excluding tert-OH is 1. The molecule has 1 N–H and O–H groups in total. The second kappa shape index (κ2) is 6.68. The first-order chi connectivity index (χ1) is 9.68. The summed E-state index contributed by atoms with van der Waals surface area (Å²) in [6.07, 6.45) is -1.04. The lowest BCUT2D eigenvalue weighted by Gasteiger charge is -2.13. The summed E-state index contributed by atoms with van der Waals surface area (Å²) >= 11 is 0. The van der Waals surface area contributed by atoms with Gasteiger partial charge in [-0.25, -0.2) is 4.79 Å². The number of carbonyl (C=O) groups excluding carboxylic acids is 1. The van der Waals surface area contributed by atoms with Crippen LogP contribution < -0.4 is 0 Å². The van der Waals surface area contributed by atoms with Crippen LogP contribution in [0.4, 0.5) is 0 Å². The first-order valence-electron chi connectivity index (χ1n) is 6.31. The van der Waals surface area contributed by atoms with Crippen molar-refractivity contribution in [2.24, 2.45) is 0 Å². The Balaban J connectivity index is 1.94. The first kappa shape index (κ1) is 14.0. The molecule has 0 amide bonds. The molecular formula is C17H16O3. The van der Waals surface area contributed by atoms with Crippen molar-refractivity contribution in [2.75, 3.05) is 0 Å². The Kier molecular flexibility index (Phi) is 4.69. The van der Waals surface area contributed by atoms with Crippen LogP contribution in [0.25, 0.3) is 0 Å². The molecule has 0 spiro atoms. The molecule has 0 saturated heterocycles. The Morgan fingerprint density at radius 1 is 1.05 bits per heavy atom. The van der Waals surface area contributed by atoms with Gasteiger partial charge in [0.1, 0.15) is 12.7 Å². The lowest BCUT2D eigenvalue weighted by Crippen LogP contribution is -2.13. The van der Waals surface area contributed by atoms with Crippen molar-refractivity contribution in [2.45, 2.75) is 12.7 Å². The maximum Gasteiger partial charge on any atom is 0.336 e. The molecule has 0 bridgehead atoms. The zero-order valence-corrected chi connectivity index (χ0v) is 11.0. The van der Waals surface area contributed by atoms with Crippen molar-refractivity contribution in [1.82, 2.24) is 0 Å². The van der Waals surface area contributed by atoms with Crippen LogP contribution in [0.3, 0.4) is 0 Å². The van der Waals surface area contributed by atoms with E-state index in [4.69, 9.17) is 4.74 Å². The van der Waals surface area contributed by atoms with Gasteiger partial charge in [-0.15, -0.1) is 0 Å². The molecule has 0 heterocycles. The molecule has 3 heteroatoms. The van der Waals surface area contributed by atoms with Crippen molar-refractivity contribution in [3.63, 3.8) is 0 Å². The Hall–Kier alpha value is -2.39. The SMILES string of the molecule is C=C(C(=O)OCc1ccccc1)C(O)c1ccccc1. The number of hydrogen-bond donors (Lipinski definition) is 1. The summed E-state index contributed by atoms with van der Waals surface area (Å²) in [5, 5.41) is 10.1. The van der Waals surface area contributed by atoms with Gasteiger partial charge in [-0.1, -0.05) is 67.2 Å². The highest BCUT2D eigenvalue weighted by atomic mass is 16.5. The monoisotopic (exact) mass is 268 g/mol. The van der Waals surface area contributed by atoms with E-state index in [2.05, 4.69) is 6.58 Å². The molecule has 2 aromatic rings. The fourth-order valence-corrected chi connectivity index (χ4v) is 1.76. The van der Waals surface area contributed by atoms with Crippen LogP contribution >= 0.6 is 0 Å². The molecule has 0 fully saturated rings. The number of hydrogen-bond acceptors (Lipinski definition) is 3. The minimum atomic E-state index is -1.04. The predicted molar refractivity (Wildman–Crippen MR) is 76.8 cm³/mol. The van der Waals surface area contributed by atoms with Gasteiger partial charge in [-0.3, -0.25) is 0 Å².